The van der Waals surface area contributed by atoms with Crippen LogP contribution in [0.3, 0.4) is 0 Å². The molecule has 116 valence electrons. The van der Waals surface area contributed by atoms with Crippen LogP contribution >= 0.6 is 11.6 Å². The van der Waals surface area contributed by atoms with Crippen molar-refractivity contribution < 1.29 is 4.79 Å². The van der Waals surface area contributed by atoms with E-state index in [1.54, 1.807) is 0 Å². The quantitative estimate of drug-likeness (QED) is 0.753. The van der Waals surface area contributed by atoms with Gasteiger partial charge in [-0.2, -0.15) is 0 Å². The van der Waals surface area contributed by atoms with Crippen molar-refractivity contribution in [3.63, 3.8) is 0 Å². The van der Waals surface area contributed by atoms with Crippen LogP contribution in [0, 0.1) is 11.8 Å². The predicted octanol–water partition coefficient (Wildman–Crippen LogP) is 4.17. The maximum absolute atomic E-state index is 11.9. The zero-order chi connectivity index (χ0) is 14.9. The summed E-state index contributed by atoms with van der Waals surface area (Å²) >= 11 is 6.03. The molecule has 1 saturated carbocycles. The van der Waals surface area contributed by atoms with Gasteiger partial charge in [-0.05, 0) is 43.1 Å². The standard InChI is InChI=1S/C18H26ClNO/c19-13-16-10-4-5-11-17(16)14-20-18(21)12-6-9-15-7-2-1-3-8-15/h1-3,7-8,16-17H,4-6,9-14H2,(H,20,21). The Balaban J connectivity index is 1.63. The van der Waals surface area contributed by atoms with Crippen molar-refractivity contribution >= 4 is 17.5 Å². The Morgan fingerprint density at radius 3 is 2.57 bits per heavy atom. The maximum atomic E-state index is 11.9. The van der Waals surface area contributed by atoms with E-state index < -0.39 is 0 Å². The molecule has 1 amide bonds. The summed E-state index contributed by atoms with van der Waals surface area (Å²) < 4.78 is 0. The van der Waals surface area contributed by atoms with Gasteiger partial charge in [-0.3, -0.25) is 4.79 Å². The SMILES string of the molecule is O=C(CCCc1ccccc1)NCC1CCCCC1CCl. The molecule has 0 saturated heterocycles. The van der Waals surface area contributed by atoms with E-state index in [9.17, 15) is 4.79 Å². The highest BCUT2D eigenvalue weighted by Gasteiger charge is 2.24. The number of nitrogens with one attached hydrogen (secondary N) is 1. The lowest BCUT2D eigenvalue weighted by Gasteiger charge is -2.30. The lowest BCUT2D eigenvalue weighted by molar-refractivity contribution is -0.121. The largest absolute Gasteiger partial charge is 0.356 e. The average molecular weight is 308 g/mol. The molecule has 0 heterocycles. The molecule has 2 nitrogen and oxygen atoms in total. The van der Waals surface area contributed by atoms with Crippen molar-refractivity contribution in [3.8, 4) is 0 Å². The van der Waals surface area contributed by atoms with Crippen LogP contribution in [0.15, 0.2) is 30.3 Å². The van der Waals surface area contributed by atoms with Crippen molar-refractivity contribution in [3.05, 3.63) is 35.9 Å². The van der Waals surface area contributed by atoms with Crippen LogP contribution in [0.1, 0.15) is 44.1 Å². The number of hydrogen-bond donors (Lipinski definition) is 1. The van der Waals surface area contributed by atoms with Crippen LogP contribution < -0.4 is 5.32 Å². The molecule has 0 aromatic heterocycles. The zero-order valence-electron chi connectivity index (χ0n) is 12.7. The molecule has 2 rings (SSSR count). The fraction of sp³-hybridized carbons (Fsp3) is 0.611. The fourth-order valence-electron chi connectivity index (χ4n) is 3.19. The van der Waals surface area contributed by atoms with E-state index in [2.05, 4.69) is 17.4 Å². The van der Waals surface area contributed by atoms with E-state index >= 15 is 0 Å². The molecule has 2 unspecified atom stereocenters. The third-order valence-corrected chi connectivity index (χ3v) is 4.93. The van der Waals surface area contributed by atoms with Gasteiger partial charge < -0.3 is 5.32 Å². The molecular weight excluding hydrogens is 282 g/mol. The molecule has 1 aromatic carbocycles. The summed E-state index contributed by atoms with van der Waals surface area (Å²) in [7, 11) is 0. The number of benzene rings is 1. The molecule has 2 atom stereocenters. The molecule has 1 aromatic rings. The van der Waals surface area contributed by atoms with Gasteiger partial charge in [0.2, 0.25) is 5.91 Å². The third kappa shape index (κ3) is 5.70. The van der Waals surface area contributed by atoms with Gasteiger partial charge in [-0.15, -0.1) is 11.6 Å². The van der Waals surface area contributed by atoms with Crippen molar-refractivity contribution in [2.24, 2.45) is 11.8 Å². The highest BCUT2D eigenvalue weighted by molar-refractivity contribution is 6.18. The predicted molar refractivity (Wildman–Crippen MR) is 88.6 cm³/mol. The summed E-state index contributed by atoms with van der Waals surface area (Å²) in [6.07, 6.45) is 7.51. The highest BCUT2D eigenvalue weighted by atomic mass is 35.5. The second kappa shape index (κ2) is 9.09. The first kappa shape index (κ1) is 16.4. The third-order valence-electron chi connectivity index (χ3n) is 4.54. The number of aryl methyl sites for hydroxylation is 1. The van der Waals surface area contributed by atoms with Crippen molar-refractivity contribution in [1.82, 2.24) is 5.32 Å². The van der Waals surface area contributed by atoms with Gasteiger partial charge in [0.25, 0.3) is 0 Å². The Kier molecular flexibility index (Phi) is 7.08. The lowest BCUT2D eigenvalue weighted by Crippen LogP contribution is -2.34. The summed E-state index contributed by atoms with van der Waals surface area (Å²) in [6, 6.07) is 10.3. The Hall–Kier alpha value is -1.02. The topological polar surface area (TPSA) is 29.1 Å². The summed E-state index contributed by atoms with van der Waals surface area (Å²) in [6.45, 7) is 0.807. The molecule has 21 heavy (non-hydrogen) atoms. The average Bonchev–Trinajstić information content (AvgIpc) is 2.54. The second-order valence-electron chi connectivity index (χ2n) is 6.10. The molecule has 1 N–H and O–H groups in total. The van der Waals surface area contributed by atoms with Gasteiger partial charge in [0.15, 0.2) is 0 Å². The first-order chi connectivity index (χ1) is 10.3. The number of alkyl halides is 1. The van der Waals surface area contributed by atoms with Crippen LogP contribution in [-0.4, -0.2) is 18.3 Å². The minimum atomic E-state index is 0.185. The lowest BCUT2D eigenvalue weighted by atomic mass is 9.80. The Bertz CT molecular complexity index is 420. The highest BCUT2D eigenvalue weighted by Crippen LogP contribution is 2.30. The molecular formula is C18H26ClNO. The summed E-state index contributed by atoms with van der Waals surface area (Å²) in [5.74, 6) is 2.08. The monoisotopic (exact) mass is 307 g/mol. The summed E-state index contributed by atoms with van der Waals surface area (Å²) in [5.41, 5.74) is 1.31. The van der Waals surface area contributed by atoms with Crippen LogP contribution in [0.4, 0.5) is 0 Å². The van der Waals surface area contributed by atoms with Gasteiger partial charge in [-0.1, -0.05) is 43.2 Å². The van der Waals surface area contributed by atoms with E-state index in [1.807, 2.05) is 18.2 Å². The van der Waals surface area contributed by atoms with Gasteiger partial charge >= 0.3 is 0 Å². The summed E-state index contributed by atoms with van der Waals surface area (Å²) in [5, 5.41) is 3.11. The molecule has 0 aliphatic heterocycles. The number of carbonyl (C=O) groups is 1. The van der Waals surface area contributed by atoms with Gasteiger partial charge in [0.1, 0.15) is 0 Å². The molecule has 1 aliphatic carbocycles. The number of halogens is 1. The van der Waals surface area contributed by atoms with Gasteiger partial charge in [-0.25, -0.2) is 0 Å². The Labute approximate surface area is 133 Å². The Morgan fingerprint density at radius 1 is 1.14 bits per heavy atom. The van der Waals surface area contributed by atoms with E-state index in [4.69, 9.17) is 11.6 Å². The number of rotatable bonds is 7. The smallest absolute Gasteiger partial charge is 0.220 e. The number of carbonyl (C=O) groups excluding carboxylic acids is 1. The van der Waals surface area contributed by atoms with E-state index in [0.717, 1.165) is 25.3 Å². The molecule has 0 spiro atoms. The maximum Gasteiger partial charge on any atom is 0.220 e. The van der Waals surface area contributed by atoms with Crippen molar-refractivity contribution in [1.29, 1.82) is 0 Å². The van der Waals surface area contributed by atoms with Gasteiger partial charge in [0, 0.05) is 18.8 Å². The van der Waals surface area contributed by atoms with Gasteiger partial charge in [0.05, 0.1) is 0 Å². The Morgan fingerprint density at radius 2 is 1.86 bits per heavy atom. The second-order valence-corrected chi connectivity index (χ2v) is 6.41. The normalized spacial score (nSPS) is 22.0. The van der Waals surface area contributed by atoms with Crippen LogP contribution in [0.5, 0.6) is 0 Å². The van der Waals surface area contributed by atoms with E-state index in [-0.39, 0.29) is 5.91 Å². The summed E-state index contributed by atoms with van der Waals surface area (Å²) in [4.78, 5) is 11.9. The number of hydrogen-bond acceptors (Lipinski definition) is 1. The van der Waals surface area contributed by atoms with Crippen LogP contribution in [0.2, 0.25) is 0 Å². The first-order valence-electron chi connectivity index (χ1n) is 8.16. The fourth-order valence-corrected chi connectivity index (χ4v) is 3.59. The molecule has 0 radical (unpaired) electrons. The molecule has 1 aliphatic rings. The van der Waals surface area contributed by atoms with Crippen LogP contribution in [0.25, 0.3) is 0 Å². The molecule has 1 fully saturated rings. The zero-order valence-corrected chi connectivity index (χ0v) is 13.4. The minimum Gasteiger partial charge on any atom is -0.356 e. The minimum absolute atomic E-state index is 0.185. The molecule has 0 bridgehead atoms. The van der Waals surface area contributed by atoms with E-state index in [0.29, 0.717) is 18.3 Å². The van der Waals surface area contributed by atoms with Crippen molar-refractivity contribution in [2.75, 3.05) is 12.4 Å². The van der Waals surface area contributed by atoms with Crippen molar-refractivity contribution in [2.45, 2.75) is 44.9 Å². The molecule has 3 heteroatoms. The van der Waals surface area contributed by atoms with E-state index in [1.165, 1.54) is 31.2 Å². The van der Waals surface area contributed by atoms with Crippen LogP contribution in [-0.2, 0) is 11.2 Å². The first-order valence-corrected chi connectivity index (χ1v) is 8.69. The number of amides is 1.